The number of anilines is 1. The minimum atomic E-state index is -4.71. The lowest BCUT2D eigenvalue weighted by molar-refractivity contribution is -0.140. The molecule has 30 heavy (non-hydrogen) atoms. The minimum Gasteiger partial charge on any atom is -0.481 e. The van der Waals surface area contributed by atoms with Crippen molar-refractivity contribution in [1.82, 2.24) is 4.31 Å². The van der Waals surface area contributed by atoms with E-state index in [2.05, 4.69) is 4.31 Å². The third-order valence-corrected chi connectivity index (χ3v) is 6.32. The molecule has 9 heteroatoms. The minimum absolute atomic E-state index is 0.0345. The molecule has 2 atom stereocenters. The normalized spacial score (nSPS) is 20.4. The predicted octanol–water partition coefficient (Wildman–Crippen LogP) is 5.08. The molecule has 0 aromatic heterocycles. The highest BCUT2D eigenvalue weighted by Crippen LogP contribution is 2.35. The zero-order chi connectivity index (χ0) is 22.1. The fraction of sp³-hybridized carbons (Fsp3) is 0.381. The number of rotatable bonds is 5. The summed E-state index contributed by atoms with van der Waals surface area (Å²) >= 11 is 1.52. The number of hydrogen-bond acceptors (Lipinski definition) is 4. The Labute approximate surface area is 176 Å². The molecular formula is C21H22F4N2O2S. The van der Waals surface area contributed by atoms with Gasteiger partial charge in [-0.15, -0.1) is 0 Å². The summed E-state index contributed by atoms with van der Waals surface area (Å²) in [4.78, 5) is 13.7. The Balaban J connectivity index is 1.71. The van der Waals surface area contributed by atoms with Gasteiger partial charge in [-0.05, 0) is 61.7 Å². The standard InChI is InChI=1S/C21H22F4N2O2S/c1-13-11-26(16-6-7-18(19(22)10-16)21(23,24)25)12-14(2)27(13)30-17-5-3-4-15(8-17)9-20(28)29/h3-8,10,13-14H,9,11-12H2,1-2H3,(H,28,29). The summed E-state index contributed by atoms with van der Waals surface area (Å²) in [6, 6.07) is 10.4. The molecule has 1 saturated heterocycles. The Morgan fingerprint density at radius 1 is 1.13 bits per heavy atom. The van der Waals surface area contributed by atoms with Crippen molar-refractivity contribution in [3.05, 3.63) is 59.4 Å². The van der Waals surface area contributed by atoms with Gasteiger partial charge in [-0.1, -0.05) is 12.1 Å². The Morgan fingerprint density at radius 3 is 2.37 bits per heavy atom. The summed E-state index contributed by atoms with van der Waals surface area (Å²) in [5.41, 5.74) is -0.123. The number of carboxylic acid groups (broad SMARTS) is 1. The van der Waals surface area contributed by atoms with Gasteiger partial charge in [0.2, 0.25) is 0 Å². The summed E-state index contributed by atoms with van der Waals surface area (Å²) in [6.45, 7) is 5.04. The molecule has 3 rings (SSSR count). The van der Waals surface area contributed by atoms with E-state index >= 15 is 0 Å². The molecule has 2 aromatic carbocycles. The van der Waals surface area contributed by atoms with E-state index in [1.165, 1.54) is 18.0 Å². The van der Waals surface area contributed by atoms with Crippen molar-refractivity contribution in [2.24, 2.45) is 0 Å². The van der Waals surface area contributed by atoms with Gasteiger partial charge in [0.1, 0.15) is 5.82 Å². The zero-order valence-corrected chi connectivity index (χ0v) is 17.3. The maximum atomic E-state index is 14.0. The molecule has 1 N–H and O–H groups in total. The van der Waals surface area contributed by atoms with Gasteiger partial charge in [0.05, 0.1) is 12.0 Å². The number of nitrogens with zero attached hydrogens (tertiary/aromatic N) is 2. The fourth-order valence-corrected chi connectivity index (χ4v) is 4.72. The molecule has 0 bridgehead atoms. The number of alkyl halides is 3. The van der Waals surface area contributed by atoms with Crippen molar-refractivity contribution in [2.75, 3.05) is 18.0 Å². The van der Waals surface area contributed by atoms with Crippen LogP contribution in [0, 0.1) is 5.82 Å². The van der Waals surface area contributed by atoms with E-state index in [9.17, 15) is 22.4 Å². The molecule has 0 spiro atoms. The first-order chi connectivity index (χ1) is 14.0. The summed E-state index contributed by atoms with van der Waals surface area (Å²) in [7, 11) is 0. The van der Waals surface area contributed by atoms with Crippen LogP contribution >= 0.6 is 11.9 Å². The predicted molar refractivity (Wildman–Crippen MR) is 108 cm³/mol. The lowest BCUT2D eigenvalue weighted by Gasteiger charge is -2.44. The fourth-order valence-electron chi connectivity index (χ4n) is 3.64. The quantitative estimate of drug-likeness (QED) is 0.517. The van der Waals surface area contributed by atoms with Gasteiger partial charge in [0.25, 0.3) is 0 Å². The molecule has 2 aromatic rings. The van der Waals surface area contributed by atoms with Crippen molar-refractivity contribution in [3.8, 4) is 0 Å². The van der Waals surface area contributed by atoms with Gasteiger partial charge in [-0.2, -0.15) is 13.2 Å². The maximum absolute atomic E-state index is 14.0. The average molecular weight is 442 g/mol. The second kappa shape index (κ2) is 8.85. The number of hydrogen-bond donors (Lipinski definition) is 1. The van der Waals surface area contributed by atoms with Crippen LogP contribution in [0.1, 0.15) is 25.0 Å². The highest BCUT2D eigenvalue weighted by molar-refractivity contribution is 7.97. The number of carboxylic acids is 1. The van der Waals surface area contributed by atoms with Crippen LogP contribution in [0.5, 0.6) is 0 Å². The van der Waals surface area contributed by atoms with E-state index < -0.39 is 23.5 Å². The first kappa shape index (κ1) is 22.4. The van der Waals surface area contributed by atoms with Crippen LogP contribution in [-0.4, -0.2) is 40.6 Å². The smallest absolute Gasteiger partial charge is 0.419 e. The van der Waals surface area contributed by atoms with Crippen LogP contribution in [0.4, 0.5) is 23.2 Å². The second-order valence-corrected chi connectivity index (χ2v) is 8.51. The molecule has 0 radical (unpaired) electrons. The van der Waals surface area contributed by atoms with E-state index in [0.29, 0.717) is 24.3 Å². The van der Waals surface area contributed by atoms with E-state index in [4.69, 9.17) is 5.11 Å². The first-order valence-electron chi connectivity index (χ1n) is 9.43. The van der Waals surface area contributed by atoms with Crippen molar-refractivity contribution >= 4 is 23.6 Å². The van der Waals surface area contributed by atoms with Gasteiger partial charge in [0.15, 0.2) is 0 Å². The van der Waals surface area contributed by atoms with Crippen molar-refractivity contribution in [3.63, 3.8) is 0 Å². The first-order valence-corrected chi connectivity index (χ1v) is 10.2. The topological polar surface area (TPSA) is 43.8 Å². The van der Waals surface area contributed by atoms with Crippen LogP contribution in [0.15, 0.2) is 47.4 Å². The zero-order valence-electron chi connectivity index (χ0n) is 16.5. The van der Waals surface area contributed by atoms with Crippen molar-refractivity contribution < 1.29 is 27.5 Å². The third-order valence-electron chi connectivity index (χ3n) is 4.93. The number of piperazine rings is 1. The lowest BCUT2D eigenvalue weighted by Crippen LogP contribution is -2.53. The van der Waals surface area contributed by atoms with E-state index in [1.807, 2.05) is 36.9 Å². The maximum Gasteiger partial charge on any atom is 0.419 e. The Morgan fingerprint density at radius 2 is 1.80 bits per heavy atom. The highest BCUT2D eigenvalue weighted by Gasteiger charge is 2.35. The van der Waals surface area contributed by atoms with E-state index in [0.717, 1.165) is 17.0 Å². The monoisotopic (exact) mass is 442 g/mol. The van der Waals surface area contributed by atoms with Crippen molar-refractivity contribution in [2.45, 2.75) is 43.4 Å². The molecule has 1 fully saturated rings. The van der Waals surface area contributed by atoms with Crippen LogP contribution in [0.2, 0.25) is 0 Å². The summed E-state index contributed by atoms with van der Waals surface area (Å²) < 4.78 is 54.6. The molecule has 0 aliphatic carbocycles. The van der Waals surface area contributed by atoms with Crippen LogP contribution in [0.3, 0.4) is 0 Å². The largest absolute Gasteiger partial charge is 0.481 e. The highest BCUT2D eigenvalue weighted by atomic mass is 32.2. The number of aliphatic carboxylic acids is 1. The van der Waals surface area contributed by atoms with Gasteiger partial charge in [-0.3, -0.25) is 4.79 Å². The van der Waals surface area contributed by atoms with Crippen LogP contribution in [0.25, 0.3) is 0 Å². The number of halogens is 4. The van der Waals surface area contributed by atoms with E-state index in [-0.39, 0.29) is 18.5 Å². The summed E-state index contributed by atoms with van der Waals surface area (Å²) in [6.07, 6.45) is -4.76. The molecular weight excluding hydrogens is 420 g/mol. The number of benzene rings is 2. The van der Waals surface area contributed by atoms with Gasteiger partial charge in [0, 0.05) is 35.8 Å². The summed E-state index contributed by atoms with van der Waals surface area (Å²) in [5, 5.41) is 8.97. The Kier molecular flexibility index (Phi) is 6.62. The lowest BCUT2D eigenvalue weighted by atomic mass is 10.1. The van der Waals surface area contributed by atoms with Crippen molar-refractivity contribution in [1.29, 1.82) is 0 Å². The molecule has 162 valence electrons. The van der Waals surface area contributed by atoms with Gasteiger partial charge >= 0.3 is 12.1 Å². The molecule has 2 unspecified atom stereocenters. The molecule has 4 nitrogen and oxygen atoms in total. The molecule has 0 saturated carbocycles. The third kappa shape index (κ3) is 5.26. The molecule has 1 aliphatic rings. The molecule has 1 aliphatic heterocycles. The Hall–Kier alpha value is -2.26. The van der Waals surface area contributed by atoms with E-state index in [1.54, 1.807) is 6.07 Å². The van der Waals surface area contributed by atoms with Crippen LogP contribution in [-0.2, 0) is 17.4 Å². The van der Waals surface area contributed by atoms with Gasteiger partial charge < -0.3 is 10.0 Å². The van der Waals surface area contributed by atoms with Crippen LogP contribution < -0.4 is 4.90 Å². The average Bonchev–Trinajstić information content (AvgIpc) is 2.63. The molecule has 1 heterocycles. The molecule has 0 amide bonds. The second-order valence-electron chi connectivity index (χ2n) is 7.43. The summed E-state index contributed by atoms with van der Waals surface area (Å²) in [5.74, 6) is -2.16. The Bertz CT molecular complexity index is 910. The van der Waals surface area contributed by atoms with Gasteiger partial charge in [-0.25, -0.2) is 8.70 Å². The SMILES string of the molecule is CC1CN(c2ccc(C(F)(F)F)c(F)c2)CC(C)N1Sc1cccc(CC(=O)O)c1. The number of carbonyl (C=O) groups is 1.